The molecule has 0 spiro atoms. The van der Waals surface area contributed by atoms with E-state index in [1.165, 1.54) is 19.2 Å². The molecule has 2 rings (SSSR count). The Balaban J connectivity index is 2.14. The van der Waals surface area contributed by atoms with Gasteiger partial charge in [0, 0.05) is 23.9 Å². The quantitative estimate of drug-likeness (QED) is 0.651. The second-order valence-electron chi connectivity index (χ2n) is 4.24. The summed E-state index contributed by atoms with van der Waals surface area (Å²) in [6.45, 7) is 0.331. The summed E-state index contributed by atoms with van der Waals surface area (Å²) in [5.41, 5.74) is 1.11. The highest BCUT2D eigenvalue weighted by Crippen LogP contribution is 2.31. The van der Waals surface area contributed by atoms with E-state index in [9.17, 15) is 15.2 Å². The van der Waals surface area contributed by atoms with E-state index in [-0.39, 0.29) is 16.5 Å². The molecule has 0 saturated heterocycles. The van der Waals surface area contributed by atoms with Crippen LogP contribution in [0.1, 0.15) is 5.56 Å². The second kappa shape index (κ2) is 6.32. The predicted molar refractivity (Wildman–Crippen MR) is 80.1 cm³/mol. The van der Waals surface area contributed by atoms with Crippen molar-refractivity contribution in [3.8, 4) is 11.5 Å². The number of rotatable bonds is 5. The smallest absolute Gasteiger partial charge is 0.288 e. The Bertz CT molecular complexity index is 676. The number of halogens is 1. The van der Waals surface area contributed by atoms with Crippen molar-refractivity contribution in [1.29, 1.82) is 0 Å². The van der Waals surface area contributed by atoms with Crippen molar-refractivity contribution >= 4 is 23.0 Å². The third-order valence-corrected chi connectivity index (χ3v) is 3.23. The SMILES string of the molecule is COc1cccc(CNc2ccc([N+](=O)[O-])c(Cl)c2)c1O. The first kappa shape index (κ1) is 14.9. The van der Waals surface area contributed by atoms with Crippen LogP contribution in [0.5, 0.6) is 11.5 Å². The molecule has 110 valence electrons. The lowest BCUT2D eigenvalue weighted by atomic mass is 10.1. The number of nitro groups is 1. The minimum Gasteiger partial charge on any atom is -0.504 e. The van der Waals surface area contributed by atoms with Gasteiger partial charge in [-0.2, -0.15) is 0 Å². The number of nitro benzene ring substituents is 1. The molecule has 0 heterocycles. The summed E-state index contributed by atoms with van der Waals surface area (Å²) >= 11 is 5.83. The fraction of sp³-hybridized carbons (Fsp3) is 0.143. The molecule has 0 saturated carbocycles. The third-order valence-electron chi connectivity index (χ3n) is 2.93. The number of phenols is 1. The van der Waals surface area contributed by atoms with Gasteiger partial charge in [-0.25, -0.2) is 0 Å². The van der Waals surface area contributed by atoms with Gasteiger partial charge in [-0.1, -0.05) is 23.7 Å². The van der Waals surface area contributed by atoms with Crippen molar-refractivity contribution in [1.82, 2.24) is 0 Å². The maximum Gasteiger partial charge on any atom is 0.288 e. The van der Waals surface area contributed by atoms with Gasteiger partial charge in [-0.3, -0.25) is 10.1 Å². The molecule has 7 heteroatoms. The second-order valence-corrected chi connectivity index (χ2v) is 4.65. The molecule has 0 aliphatic carbocycles. The first-order valence-electron chi connectivity index (χ1n) is 6.05. The molecule has 0 unspecified atom stereocenters. The van der Waals surface area contributed by atoms with Gasteiger partial charge in [0.15, 0.2) is 11.5 Å². The number of para-hydroxylation sites is 1. The van der Waals surface area contributed by atoms with Crippen LogP contribution in [0.15, 0.2) is 36.4 Å². The van der Waals surface area contributed by atoms with Crippen molar-refractivity contribution in [3.05, 3.63) is 57.1 Å². The van der Waals surface area contributed by atoms with Crippen molar-refractivity contribution in [3.63, 3.8) is 0 Å². The highest BCUT2D eigenvalue weighted by Gasteiger charge is 2.12. The maximum absolute atomic E-state index is 10.7. The molecule has 6 nitrogen and oxygen atoms in total. The fourth-order valence-corrected chi connectivity index (χ4v) is 2.09. The molecule has 0 fully saturated rings. The summed E-state index contributed by atoms with van der Waals surface area (Å²) in [6, 6.07) is 9.52. The summed E-state index contributed by atoms with van der Waals surface area (Å²) in [4.78, 5) is 10.1. The molecule has 2 N–H and O–H groups in total. The van der Waals surface area contributed by atoms with Crippen LogP contribution in [0.3, 0.4) is 0 Å². The number of methoxy groups -OCH3 is 1. The number of aromatic hydroxyl groups is 1. The molecule has 0 aliphatic rings. The van der Waals surface area contributed by atoms with Crippen LogP contribution in [-0.2, 0) is 6.54 Å². The van der Waals surface area contributed by atoms with Gasteiger partial charge in [-0.15, -0.1) is 0 Å². The van der Waals surface area contributed by atoms with Gasteiger partial charge >= 0.3 is 0 Å². The van der Waals surface area contributed by atoms with Crippen molar-refractivity contribution in [2.75, 3.05) is 12.4 Å². The lowest BCUT2D eigenvalue weighted by molar-refractivity contribution is -0.384. The summed E-state index contributed by atoms with van der Waals surface area (Å²) in [5, 5.41) is 23.7. The van der Waals surface area contributed by atoms with Crippen LogP contribution >= 0.6 is 11.6 Å². The van der Waals surface area contributed by atoms with E-state index in [0.29, 0.717) is 23.5 Å². The zero-order valence-electron chi connectivity index (χ0n) is 11.2. The zero-order chi connectivity index (χ0) is 15.4. The van der Waals surface area contributed by atoms with Gasteiger partial charge in [-0.05, 0) is 18.2 Å². The highest BCUT2D eigenvalue weighted by atomic mass is 35.5. The summed E-state index contributed by atoms with van der Waals surface area (Å²) in [6.07, 6.45) is 0. The Kier molecular flexibility index (Phi) is 4.49. The fourth-order valence-electron chi connectivity index (χ4n) is 1.84. The van der Waals surface area contributed by atoms with Gasteiger partial charge < -0.3 is 15.2 Å². The zero-order valence-corrected chi connectivity index (χ0v) is 11.9. The molecule has 0 aromatic heterocycles. The van der Waals surface area contributed by atoms with Crippen LogP contribution in [0, 0.1) is 10.1 Å². The molecule has 0 amide bonds. The van der Waals surface area contributed by atoms with Gasteiger partial charge in [0.1, 0.15) is 5.02 Å². The number of hydrogen-bond donors (Lipinski definition) is 2. The molecule has 2 aromatic rings. The summed E-state index contributed by atoms with van der Waals surface area (Å²) in [7, 11) is 1.47. The van der Waals surface area contributed by atoms with Gasteiger partial charge in [0.25, 0.3) is 5.69 Å². The highest BCUT2D eigenvalue weighted by molar-refractivity contribution is 6.32. The Morgan fingerprint density at radius 2 is 2.14 bits per heavy atom. The number of phenolic OH excluding ortho intramolecular Hbond substituents is 1. The van der Waals surface area contributed by atoms with Crippen molar-refractivity contribution < 1.29 is 14.8 Å². The third kappa shape index (κ3) is 3.35. The van der Waals surface area contributed by atoms with Gasteiger partial charge in [0.2, 0.25) is 0 Å². The Morgan fingerprint density at radius 1 is 1.38 bits per heavy atom. The number of nitrogens with zero attached hydrogens (tertiary/aromatic N) is 1. The van der Waals surface area contributed by atoms with Crippen LogP contribution < -0.4 is 10.1 Å². The summed E-state index contributed by atoms with van der Waals surface area (Å²) < 4.78 is 5.03. The van der Waals surface area contributed by atoms with E-state index in [2.05, 4.69) is 5.32 Å². The normalized spacial score (nSPS) is 10.2. The van der Waals surface area contributed by atoms with Crippen molar-refractivity contribution in [2.24, 2.45) is 0 Å². The van der Waals surface area contributed by atoms with Gasteiger partial charge in [0.05, 0.1) is 12.0 Å². The minimum absolute atomic E-state index is 0.0554. The monoisotopic (exact) mass is 308 g/mol. The van der Waals surface area contributed by atoms with E-state index >= 15 is 0 Å². The average molecular weight is 309 g/mol. The molecule has 0 atom stereocenters. The number of hydrogen-bond acceptors (Lipinski definition) is 5. The number of ether oxygens (including phenoxy) is 1. The molecular weight excluding hydrogens is 296 g/mol. The topological polar surface area (TPSA) is 84.6 Å². The van der Waals surface area contributed by atoms with E-state index in [0.717, 1.165) is 0 Å². The van der Waals surface area contributed by atoms with Crippen LogP contribution in [0.25, 0.3) is 0 Å². The molecule has 0 bridgehead atoms. The lowest BCUT2D eigenvalue weighted by Crippen LogP contribution is -2.01. The van der Waals surface area contributed by atoms with Crippen molar-refractivity contribution in [2.45, 2.75) is 6.54 Å². The van der Waals surface area contributed by atoms with E-state index in [1.807, 2.05) is 0 Å². The molecule has 0 radical (unpaired) electrons. The van der Waals surface area contributed by atoms with Crippen LogP contribution in [0.2, 0.25) is 5.02 Å². The molecule has 0 aliphatic heterocycles. The summed E-state index contributed by atoms with van der Waals surface area (Å²) in [5.74, 6) is 0.441. The van der Waals surface area contributed by atoms with Crippen LogP contribution in [0.4, 0.5) is 11.4 Å². The maximum atomic E-state index is 10.7. The number of benzene rings is 2. The Hall–Kier alpha value is -2.47. The number of nitrogens with one attached hydrogen (secondary N) is 1. The Morgan fingerprint density at radius 3 is 2.76 bits per heavy atom. The van der Waals surface area contributed by atoms with E-state index in [1.54, 1.807) is 24.3 Å². The molecular formula is C14H13ClN2O4. The first-order valence-corrected chi connectivity index (χ1v) is 6.43. The largest absolute Gasteiger partial charge is 0.504 e. The van der Waals surface area contributed by atoms with Crippen LogP contribution in [-0.4, -0.2) is 17.1 Å². The van der Waals surface area contributed by atoms with E-state index < -0.39 is 4.92 Å². The Labute approximate surface area is 126 Å². The predicted octanol–water partition coefficient (Wildman–Crippen LogP) is 3.57. The van der Waals surface area contributed by atoms with E-state index in [4.69, 9.17) is 16.3 Å². The lowest BCUT2D eigenvalue weighted by Gasteiger charge is -2.11. The first-order chi connectivity index (χ1) is 10.0. The standard InChI is InChI=1S/C14H13ClN2O4/c1-21-13-4-2-3-9(14(13)18)8-16-10-5-6-12(17(19)20)11(15)7-10/h2-7,16,18H,8H2,1H3. The molecule has 21 heavy (non-hydrogen) atoms. The minimum atomic E-state index is -0.542. The number of anilines is 1. The molecule has 2 aromatic carbocycles. The average Bonchev–Trinajstić information content (AvgIpc) is 2.46.